The number of hydrogen-bond acceptors (Lipinski definition) is 2. The highest BCUT2D eigenvalue weighted by Gasteiger charge is 2.24. The molecule has 0 atom stereocenters. The van der Waals surface area contributed by atoms with Crippen molar-refractivity contribution in [2.75, 3.05) is 6.61 Å². The lowest BCUT2D eigenvalue weighted by Gasteiger charge is -2.29. The molecule has 0 fully saturated rings. The second-order valence-corrected chi connectivity index (χ2v) is 5.28. The topological polar surface area (TPSA) is 35.2 Å². The monoisotopic (exact) mass is 221 g/mol. The molecule has 0 amide bonds. The molecule has 90 valence electrons. The molecule has 0 heterocycles. The van der Waals surface area contributed by atoms with E-state index in [0.717, 1.165) is 6.42 Å². The molecule has 2 nitrogen and oxygen atoms in total. The van der Waals surface area contributed by atoms with E-state index >= 15 is 0 Å². The molecular weight excluding hydrogens is 198 g/mol. The molecule has 0 saturated carbocycles. The van der Waals surface area contributed by atoms with Gasteiger partial charge >= 0.3 is 0 Å². The minimum Gasteiger partial charge on any atom is -0.305 e. The summed E-state index contributed by atoms with van der Waals surface area (Å²) in [5, 5.41) is 0. The molecule has 2 N–H and O–H groups in total. The average molecular weight is 221 g/mol. The van der Waals surface area contributed by atoms with Crippen molar-refractivity contribution < 1.29 is 4.84 Å². The van der Waals surface area contributed by atoms with E-state index < -0.39 is 0 Å². The minimum atomic E-state index is 0.112. The average Bonchev–Trinajstić information content (AvgIpc) is 2.12. The summed E-state index contributed by atoms with van der Waals surface area (Å²) < 4.78 is 0. The zero-order valence-corrected chi connectivity index (χ0v) is 11.1. The van der Waals surface area contributed by atoms with Gasteiger partial charge in [0.2, 0.25) is 0 Å². The third kappa shape index (κ3) is 2.83. The standard InChI is InChI=1S/C14H23NO/c1-10-8-11(2)13(12(3)9-10)14(4,5)6-7-16-15/h8-9H,6-7,15H2,1-5H3. The van der Waals surface area contributed by atoms with Crippen LogP contribution in [-0.2, 0) is 10.3 Å². The number of benzene rings is 1. The summed E-state index contributed by atoms with van der Waals surface area (Å²) in [5.74, 6) is 5.11. The summed E-state index contributed by atoms with van der Waals surface area (Å²) in [4.78, 5) is 4.70. The lowest BCUT2D eigenvalue weighted by atomic mass is 9.77. The van der Waals surface area contributed by atoms with Gasteiger partial charge in [-0.25, -0.2) is 5.90 Å². The van der Waals surface area contributed by atoms with Gasteiger partial charge in [0, 0.05) is 0 Å². The largest absolute Gasteiger partial charge is 0.305 e. The Balaban J connectivity index is 3.11. The van der Waals surface area contributed by atoms with Gasteiger partial charge in [-0.3, -0.25) is 0 Å². The van der Waals surface area contributed by atoms with Crippen molar-refractivity contribution in [3.63, 3.8) is 0 Å². The van der Waals surface area contributed by atoms with Gasteiger partial charge in [-0.05, 0) is 49.3 Å². The van der Waals surface area contributed by atoms with E-state index in [1.165, 1.54) is 22.3 Å². The third-order valence-electron chi connectivity index (χ3n) is 3.20. The maximum Gasteiger partial charge on any atom is 0.0687 e. The molecule has 0 unspecified atom stereocenters. The Bertz CT molecular complexity index is 346. The first-order valence-corrected chi connectivity index (χ1v) is 5.78. The Morgan fingerprint density at radius 1 is 1.12 bits per heavy atom. The van der Waals surface area contributed by atoms with E-state index in [9.17, 15) is 0 Å². The van der Waals surface area contributed by atoms with Crippen LogP contribution in [0, 0.1) is 20.8 Å². The minimum absolute atomic E-state index is 0.112. The summed E-state index contributed by atoms with van der Waals surface area (Å²) in [7, 11) is 0. The van der Waals surface area contributed by atoms with Crippen LogP contribution in [-0.4, -0.2) is 6.61 Å². The van der Waals surface area contributed by atoms with E-state index in [1.54, 1.807) is 0 Å². The Morgan fingerprint density at radius 2 is 1.62 bits per heavy atom. The van der Waals surface area contributed by atoms with Crippen molar-refractivity contribution in [3.05, 3.63) is 34.4 Å². The molecule has 1 aromatic rings. The maximum atomic E-state index is 5.11. The molecule has 0 aromatic heterocycles. The number of rotatable bonds is 4. The highest BCUT2D eigenvalue weighted by molar-refractivity contribution is 5.42. The highest BCUT2D eigenvalue weighted by Crippen LogP contribution is 2.32. The molecule has 0 radical (unpaired) electrons. The van der Waals surface area contributed by atoms with E-state index in [1.807, 2.05) is 0 Å². The van der Waals surface area contributed by atoms with E-state index in [0.29, 0.717) is 6.61 Å². The van der Waals surface area contributed by atoms with Crippen LogP contribution in [0.5, 0.6) is 0 Å². The first-order chi connectivity index (χ1) is 7.38. The molecule has 16 heavy (non-hydrogen) atoms. The van der Waals surface area contributed by atoms with Gasteiger partial charge in [0.15, 0.2) is 0 Å². The van der Waals surface area contributed by atoms with Gasteiger partial charge in [-0.15, -0.1) is 0 Å². The van der Waals surface area contributed by atoms with Crippen LogP contribution in [0.4, 0.5) is 0 Å². The van der Waals surface area contributed by atoms with Gasteiger partial charge in [0.25, 0.3) is 0 Å². The fourth-order valence-electron chi connectivity index (χ4n) is 2.69. The number of hydrogen-bond donors (Lipinski definition) is 1. The van der Waals surface area contributed by atoms with Crippen LogP contribution in [0.2, 0.25) is 0 Å². The van der Waals surface area contributed by atoms with Crippen LogP contribution in [0.1, 0.15) is 42.5 Å². The molecule has 2 heteroatoms. The zero-order valence-electron chi connectivity index (χ0n) is 11.1. The third-order valence-corrected chi connectivity index (χ3v) is 3.20. The summed E-state index contributed by atoms with van der Waals surface area (Å²) in [6, 6.07) is 4.49. The van der Waals surface area contributed by atoms with Gasteiger partial charge in [0.05, 0.1) is 6.61 Å². The fourth-order valence-corrected chi connectivity index (χ4v) is 2.69. The molecule has 0 saturated heterocycles. The second-order valence-electron chi connectivity index (χ2n) is 5.28. The van der Waals surface area contributed by atoms with Crippen LogP contribution in [0.25, 0.3) is 0 Å². The highest BCUT2D eigenvalue weighted by atomic mass is 16.6. The first-order valence-electron chi connectivity index (χ1n) is 5.78. The van der Waals surface area contributed by atoms with Crippen LogP contribution >= 0.6 is 0 Å². The lowest BCUT2D eigenvalue weighted by molar-refractivity contribution is 0.121. The molecule has 0 spiro atoms. The Hall–Kier alpha value is -0.860. The van der Waals surface area contributed by atoms with Crippen molar-refractivity contribution in [3.8, 4) is 0 Å². The molecular formula is C14H23NO. The van der Waals surface area contributed by atoms with E-state index in [-0.39, 0.29) is 5.41 Å². The van der Waals surface area contributed by atoms with Crippen LogP contribution in [0.15, 0.2) is 12.1 Å². The second kappa shape index (κ2) is 4.98. The van der Waals surface area contributed by atoms with E-state index in [4.69, 9.17) is 10.7 Å². The van der Waals surface area contributed by atoms with Crippen molar-refractivity contribution >= 4 is 0 Å². The van der Waals surface area contributed by atoms with E-state index in [2.05, 4.69) is 46.8 Å². The summed E-state index contributed by atoms with van der Waals surface area (Å²) in [6.07, 6.45) is 0.939. The smallest absolute Gasteiger partial charge is 0.0687 e. The van der Waals surface area contributed by atoms with Crippen molar-refractivity contribution in [1.82, 2.24) is 0 Å². The van der Waals surface area contributed by atoms with Crippen molar-refractivity contribution in [2.24, 2.45) is 5.90 Å². The Labute approximate surface area is 98.8 Å². The van der Waals surface area contributed by atoms with Crippen molar-refractivity contribution in [2.45, 2.75) is 46.5 Å². The zero-order chi connectivity index (χ0) is 12.3. The molecule has 0 aliphatic carbocycles. The fraction of sp³-hybridized carbons (Fsp3) is 0.571. The van der Waals surface area contributed by atoms with Gasteiger partial charge < -0.3 is 4.84 Å². The summed E-state index contributed by atoms with van der Waals surface area (Å²) in [5.41, 5.74) is 5.58. The first kappa shape index (κ1) is 13.2. The normalized spacial score (nSPS) is 11.9. The molecule has 0 aliphatic heterocycles. The maximum absolute atomic E-state index is 5.11. The van der Waals surface area contributed by atoms with Gasteiger partial charge in [-0.2, -0.15) is 0 Å². The molecule has 1 aromatic carbocycles. The molecule has 0 bridgehead atoms. The van der Waals surface area contributed by atoms with Gasteiger partial charge in [0.1, 0.15) is 0 Å². The Morgan fingerprint density at radius 3 is 2.06 bits per heavy atom. The van der Waals surface area contributed by atoms with Gasteiger partial charge in [-0.1, -0.05) is 31.5 Å². The van der Waals surface area contributed by atoms with Crippen molar-refractivity contribution in [1.29, 1.82) is 0 Å². The molecule has 0 aliphatic rings. The Kier molecular flexibility index (Phi) is 4.11. The SMILES string of the molecule is Cc1cc(C)c(C(C)(C)CCON)c(C)c1. The van der Waals surface area contributed by atoms with Crippen LogP contribution in [0.3, 0.4) is 0 Å². The summed E-state index contributed by atoms with van der Waals surface area (Å²) in [6.45, 7) is 11.6. The number of aryl methyl sites for hydroxylation is 3. The van der Waals surface area contributed by atoms with Crippen LogP contribution < -0.4 is 5.90 Å². The predicted octanol–water partition coefficient (Wildman–Crippen LogP) is 3.17. The summed E-state index contributed by atoms with van der Waals surface area (Å²) >= 11 is 0. The quantitative estimate of drug-likeness (QED) is 0.793. The predicted molar refractivity (Wildman–Crippen MR) is 68.4 cm³/mol. The number of nitrogens with two attached hydrogens (primary N) is 1. The lowest BCUT2D eigenvalue weighted by Crippen LogP contribution is -2.23. The molecule has 1 rings (SSSR count).